The molecular formula is C14H17N3O. The van der Waals surface area contributed by atoms with E-state index in [1.165, 1.54) is 12.0 Å². The molecule has 1 fully saturated rings. The molecule has 1 unspecified atom stereocenters. The fourth-order valence-corrected chi connectivity index (χ4v) is 2.78. The first-order valence-corrected chi connectivity index (χ1v) is 6.32. The molecule has 0 aliphatic carbocycles. The van der Waals surface area contributed by atoms with Crippen LogP contribution < -0.4 is 11.0 Å². The number of rotatable bonds is 2. The number of benzene rings is 1. The summed E-state index contributed by atoms with van der Waals surface area (Å²) in [7, 11) is 0. The Morgan fingerprint density at radius 1 is 1.33 bits per heavy atom. The number of aromatic nitrogens is 2. The molecule has 4 nitrogen and oxygen atoms in total. The molecule has 1 saturated heterocycles. The van der Waals surface area contributed by atoms with E-state index in [2.05, 4.69) is 23.3 Å². The van der Waals surface area contributed by atoms with E-state index in [4.69, 9.17) is 0 Å². The molecule has 4 heteroatoms. The summed E-state index contributed by atoms with van der Waals surface area (Å²) >= 11 is 0. The lowest BCUT2D eigenvalue weighted by atomic mass is 9.89. The Kier molecular flexibility index (Phi) is 2.59. The highest BCUT2D eigenvalue weighted by Crippen LogP contribution is 2.33. The van der Waals surface area contributed by atoms with Crippen LogP contribution in [0, 0.1) is 0 Å². The third kappa shape index (κ3) is 1.69. The summed E-state index contributed by atoms with van der Waals surface area (Å²) in [5, 5.41) is 3.55. The third-order valence-corrected chi connectivity index (χ3v) is 3.78. The van der Waals surface area contributed by atoms with Crippen LogP contribution in [0.15, 0.2) is 41.5 Å². The predicted molar refractivity (Wildman–Crippen MR) is 71.0 cm³/mol. The molecule has 1 aliphatic heterocycles. The van der Waals surface area contributed by atoms with Crippen molar-refractivity contribution in [3.05, 3.63) is 52.7 Å². The van der Waals surface area contributed by atoms with Crippen molar-refractivity contribution in [3.8, 4) is 5.69 Å². The molecular weight excluding hydrogens is 226 g/mol. The first kappa shape index (κ1) is 11.3. The van der Waals surface area contributed by atoms with E-state index in [1.807, 2.05) is 18.2 Å². The number of hydrogen-bond acceptors (Lipinski definition) is 2. The number of aromatic amines is 1. The smallest absolute Gasteiger partial charge is 0.312 e. The van der Waals surface area contributed by atoms with Crippen molar-refractivity contribution in [2.75, 3.05) is 6.54 Å². The summed E-state index contributed by atoms with van der Waals surface area (Å²) < 4.78 is 1.67. The second-order valence-electron chi connectivity index (χ2n) is 5.01. The van der Waals surface area contributed by atoms with Gasteiger partial charge in [-0.25, -0.2) is 4.79 Å². The number of nitrogens with one attached hydrogen (secondary N) is 2. The topological polar surface area (TPSA) is 49.8 Å². The van der Waals surface area contributed by atoms with E-state index < -0.39 is 0 Å². The van der Waals surface area contributed by atoms with Crippen molar-refractivity contribution in [2.24, 2.45) is 0 Å². The van der Waals surface area contributed by atoms with Gasteiger partial charge in [0.25, 0.3) is 0 Å². The van der Waals surface area contributed by atoms with Gasteiger partial charge in [0.1, 0.15) is 0 Å². The molecule has 1 aromatic heterocycles. The Morgan fingerprint density at radius 2 is 2.17 bits per heavy atom. The molecule has 0 radical (unpaired) electrons. The summed E-state index contributed by atoms with van der Waals surface area (Å²) in [5.74, 6) is 0. The molecule has 2 heterocycles. The SMILES string of the molecule is CC1(c2ccccc2-n2cc[nH]c2=O)CCCN1. The van der Waals surface area contributed by atoms with Gasteiger partial charge in [-0.05, 0) is 37.9 Å². The molecule has 94 valence electrons. The molecule has 18 heavy (non-hydrogen) atoms. The van der Waals surface area contributed by atoms with Crippen molar-refractivity contribution in [1.29, 1.82) is 0 Å². The Labute approximate surface area is 106 Å². The number of nitrogens with zero attached hydrogens (tertiary/aromatic N) is 1. The van der Waals surface area contributed by atoms with Gasteiger partial charge >= 0.3 is 5.69 Å². The molecule has 1 aromatic carbocycles. The Hall–Kier alpha value is -1.81. The lowest BCUT2D eigenvalue weighted by molar-refractivity contribution is 0.433. The summed E-state index contributed by atoms with van der Waals surface area (Å²) in [6.45, 7) is 3.24. The summed E-state index contributed by atoms with van der Waals surface area (Å²) in [4.78, 5) is 14.5. The number of para-hydroxylation sites is 1. The van der Waals surface area contributed by atoms with Crippen LogP contribution in [0.5, 0.6) is 0 Å². The van der Waals surface area contributed by atoms with E-state index in [9.17, 15) is 4.79 Å². The van der Waals surface area contributed by atoms with Gasteiger partial charge in [0.2, 0.25) is 0 Å². The second-order valence-corrected chi connectivity index (χ2v) is 5.01. The Morgan fingerprint density at radius 3 is 2.83 bits per heavy atom. The highest BCUT2D eigenvalue weighted by molar-refractivity contribution is 5.45. The van der Waals surface area contributed by atoms with Gasteiger partial charge in [0, 0.05) is 17.9 Å². The maximum atomic E-state index is 11.8. The van der Waals surface area contributed by atoms with E-state index in [0.29, 0.717) is 0 Å². The van der Waals surface area contributed by atoms with Crippen LogP contribution in [0.2, 0.25) is 0 Å². The van der Waals surface area contributed by atoms with Crippen molar-refractivity contribution >= 4 is 0 Å². The van der Waals surface area contributed by atoms with Crippen LogP contribution in [-0.2, 0) is 5.54 Å². The van der Waals surface area contributed by atoms with Gasteiger partial charge in [0.05, 0.1) is 5.69 Å². The van der Waals surface area contributed by atoms with Crippen molar-refractivity contribution < 1.29 is 0 Å². The van der Waals surface area contributed by atoms with Crippen LogP contribution >= 0.6 is 0 Å². The highest BCUT2D eigenvalue weighted by atomic mass is 16.1. The van der Waals surface area contributed by atoms with Crippen LogP contribution in [-0.4, -0.2) is 16.1 Å². The van der Waals surface area contributed by atoms with Gasteiger partial charge in [0.15, 0.2) is 0 Å². The minimum absolute atomic E-state index is 0.0344. The van der Waals surface area contributed by atoms with Crippen LogP contribution in [0.25, 0.3) is 5.69 Å². The van der Waals surface area contributed by atoms with E-state index in [-0.39, 0.29) is 11.2 Å². The highest BCUT2D eigenvalue weighted by Gasteiger charge is 2.32. The molecule has 2 aromatic rings. The van der Waals surface area contributed by atoms with Gasteiger partial charge in [-0.15, -0.1) is 0 Å². The molecule has 2 N–H and O–H groups in total. The first-order valence-electron chi connectivity index (χ1n) is 6.32. The monoisotopic (exact) mass is 243 g/mol. The van der Waals surface area contributed by atoms with Gasteiger partial charge in [-0.2, -0.15) is 0 Å². The quantitative estimate of drug-likeness (QED) is 0.844. The third-order valence-electron chi connectivity index (χ3n) is 3.78. The predicted octanol–water partition coefficient (Wildman–Crippen LogP) is 1.76. The van der Waals surface area contributed by atoms with Crippen LogP contribution in [0.4, 0.5) is 0 Å². The molecule has 1 atom stereocenters. The van der Waals surface area contributed by atoms with Crippen molar-refractivity contribution in [2.45, 2.75) is 25.3 Å². The van der Waals surface area contributed by atoms with E-state index >= 15 is 0 Å². The normalized spacial score (nSPS) is 23.4. The van der Waals surface area contributed by atoms with E-state index in [1.54, 1.807) is 17.0 Å². The molecule has 3 rings (SSSR count). The van der Waals surface area contributed by atoms with Crippen molar-refractivity contribution in [3.63, 3.8) is 0 Å². The largest absolute Gasteiger partial charge is 0.330 e. The molecule has 0 bridgehead atoms. The van der Waals surface area contributed by atoms with Crippen LogP contribution in [0.1, 0.15) is 25.3 Å². The lowest BCUT2D eigenvalue weighted by Gasteiger charge is -2.27. The maximum absolute atomic E-state index is 11.8. The minimum Gasteiger partial charge on any atom is -0.312 e. The number of H-pyrrole nitrogens is 1. The molecule has 1 aliphatic rings. The fraction of sp³-hybridized carbons (Fsp3) is 0.357. The van der Waals surface area contributed by atoms with Gasteiger partial charge < -0.3 is 10.3 Å². The molecule has 0 saturated carbocycles. The summed E-state index contributed by atoms with van der Waals surface area (Å²) in [5.41, 5.74) is 2.02. The number of hydrogen-bond donors (Lipinski definition) is 2. The fourth-order valence-electron chi connectivity index (χ4n) is 2.78. The van der Waals surface area contributed by atoms with Gasteiger partial charge in [-0.3, -0.25) is 4.57 Å². The standard InChI is InChI=1S/C14H17N3O/c1-14(7-4-8-16-14)11-5-2-3-6-12(11)17-10-9-15-13(17)18/h2-3,5-6,9-10,16H,4,7-8H2,1H3,(H,15,18). The number of imidazole rings is 1. The Bertz CT molecular complexity index is 605. The minimum atomic E-state index is -0.0935. The second kappa shape index (κ2) is 4.14. The van der Waals surface area contributed by atoms with Gasteiger partial charge in [-0.1, -0.05) is 18.2 Å². The van der Waals surface area contributed by atoms with Crippen LogP contribution in [0.3, 0.4) is 0 Å². The van der Waals surface area contributed by atoms with E-state index in [0.717, 1.165) is 18.7 Å². The maximum Gasteiger partial charge on any atom is 0.330 e. The Balaban J connectivity index is 2.17. The van der Waals surface area contributed by atoms with Crippen molar-refractivity contribution in [1.82, 2.24) is 14.9 Å². The molecule has 0 spiro atoms. The summed E-state index contributed by atoms with van der Waals surface area (Å²) in [6, 6.07) is 8.10. The zero-order chi connectivity index (χ0) is 12.6. The first-order chi connectivity index (χ1) is 8.71. The lowest BCUT2D eigenvalue weighted by Crippen LogP contribution is -2.35. The zero-order valence-corrected chi connectivity index (χ0v) is 10.4. The molecule has 0 amide bonds. The average molecular weight is 243 g/mol. The average Bonchev–Trinajstić information content (AvgIpc) is 2.99. The summed E-state index contributed by atoms with van der Waals surface area (Å²) in [6.07, 6.45) is 5.72. The zero-order valence-electron chi connectivity index (χ0n) is 10.4.